The Bertz CT molecular complexity index is 334. The minimum atomic E-state index is -0.974. The van der Waals surface area contributed by atoms with E-state index in [9.17, 15) is 9.59 Å². The van der Waals surface area contributed by atoms with E-state index in [4.69, 9.17) is 5.11 Å². The van der Waals surface area contributed by atoms with Crippen molar-refractivity contribution in [2.75, 3.05) is 0 Å². The fourth-order valence-corrected chi connectivity index (χ4v) is 2.90. The highest BCUT2D eigenvalue weighted by atomic mass is 16.4. The number of carbonyl (C=O) groups is 2. The zero-order chi connectivity index (χ0) is 14.7. The van der Waals surface area contributed by atoms with Gasteiger partial charge in [0.15, 0.2) is 0 Å². The van der Waals surface area contributed by atoms with Crippen LogP contribution in [-0.4, -0.2) is 46.1 Å². The second kappa shape index (κ2) is 6.37. The number of hydrogen-bond acceptors (Lipinski definition) is 3. The Morgan fingerprint density at radius 1 is 1.16 bits per heavy atom. The van der Waals surface area contributed by atoms with Crippen molar-refractivity contribution in [2.24, 2.45) is 5.92 Å². The number of amides is 1. The summed E-state index contributed by atoms with van der Waals surface area (Å²) in [5.74, 6) is -1.29. The number of nitrogens with zero attached hydrogens (tertiary/aromatic N) is 1. The molecule has 1 aliphatic heterocycles. The Labute approximate surface area is 115 Å². The fraction of sp³-hybridized carbons (Fsp3) is 0.857. The predicted molar refractivity (Wildman–Crippen MR) is 73.9 cm³/mol. The molecule has 0 aromatic heterocycles. The summed E-state index contributed by atoms with van der Waals surface area (Å²) in [6.07, 6.45) is 2.18. The molecule has 1 rings (SSSR count). The predicted octanol–water partition coefficient (Wildman–Crippen LogP) is 1.47. The van der Waals surface area contributed by atoms with Crippen LogP contribution >= 0.6 is 0 Å². The van der Waals surface area contributed by atoms with Crippen LogP contribution in [0, 0.1) is 5.92 Å². The molecular formula is C14H26N2O3. The Balaban J connectivity index is 2.69. The van der Waals surface area contributed by atoms with Crippen molar-refractivity contribution in [3.8, 4) is 0 Å². The van der Waals surface area contributed by atoms with E-state index in [2.05, 4.69) is 24.1 Å². The van der Waals surface area contributed by atoms with Gasteiger partial charge in [0, 0.05) is 12.1 Å². The summed E-state index contributed by atoms with van der Waals surface area (Å²) in [5.41, 5.74) is 0. The number of carboxylic acid groups (broad SMARTS) is 1. The molecule has 0 spiro atoms. The lowest BCUT2D eigenvalue weighted by atomic mass is 10.0. The third kappa shape index (κ3) is 3.69. The first-order valence-corrected chi connectivity index (χ1v) is 7.06. The molecule has 1 heterocycles. The maximum absolute atomic E-state index is 12.2. The van der Waals surface area contributed by atoms with Crippen LogP contribution in [0.15, 0.2) is 0 Å². The van der Waals surface area contributed by atoms with Crippen LogP contribution in [0.3, 0.4) is 0 Å². The molecule has 1 aliphatic rings. The molecule has 0 bridgehead atoms. The highest BCUT2D eigenvalue weighted by molar-refractivity contribution is 5.86. The second-order valence-electron chi connectivity index (χ2n) is 5.97. The number of nitrogens with one attached hydrogen (secondary N) is 1. The summed E-state index contributed by atoms with van der Waals surface area (Å²) in [7, 11) is 0. The first kappa shape index (κ1) is 16.0. The Morgan fingerprint density at radius 2 is 1.63 bits per heavy atom. The average molecular weight is 270 g/mol. The monoisotopic (exact) mass is 270 g/mol. The third-order valence-electron chi connectivity index (χ3n) is 4.08. The highest BCUT2D eigenvalue weighted by Crippen LogP contribution is 2.26. The zero-order valence-electron chi connectivity index (χ0n) is 12.5. The SMILES string of the molecule is CC(C)[C@@H](NC(=O)C(C)N1C(C)CCC1C)C(=O)O. The summed E-state index contributed by atoms with van der Waals surface area (Å²) >= 11 is 0. The molecule has 2 N–H and O–H groups in total. The number of rotatable bonds is 5. The molecule has 5 heteroatoms. The summed E-state index contributed by atoms with van der Waals surface area (Å²) in [5, 5.41) is 11.8. The lowest BCUT2D eigenvalue weighted by Gasteiger charge is -2.32. The third-order valence-corrected chi connectivity index (χ3v) is 4.08. The Morgan fingerprint density at radius 3 is 2.00 bits per heavy atom. The van der Waals surface area contributed by atoms with E-state index in [0.717, 1.165) is 12.8 Å². The summed E-state index contributed by atoms with van der Waals surface area (Å²) in [6.45, 7) is 9.68. The van der Waals surface area contributed by atoms with Crippen LogP contribution in [0.1, 0.15) is 47.5 Å². The first-order valence-electron chi connectivity index (χ1n) is 7.06. The van der Waals surface area contributed by atoms with Crippen molar-refractivity contribution in [3.05, 3.63) is 0 Å². The van der Waals surface area contributed by atoms with Gasteiger partial charge in [-0.15, -0.1) is 0 Å². The summed E-state index contributed by atoms with van der Waals surface area (Å²) < 4.78 is 0. The molecule has 19 heavy (non-hydrogen) atoms. The van der Waals surface area contributed by atoms with Gasteiger partial charge >= 0.3 is 5.97 Å². The maximum Gasteiger partial charge on any atom is 0.326 e. The van der Waals surface area contributed by atoms with Gasteiger partial charge in [0.1, 0.15) is 6.04 Å². The van der Waals surface area contributed by atoms with Crippen molar-refractivity contribution >= 4 is 11.9 Å². The van der Waals surface area contributed by atoms with Gasteiger partial charge in [0.2, 0.25) is 5.91 Å². The molecule has 3 unspecified atom stereocenters. The van der Waals surface area contributed by atoms with E-state index in [1.54, 1.807) is 13.8 Å². The number of likely N-dealkylation sites (tertiary alicyclic amines) is 1. The van der Waals surface area contributed by atoms with Crippen LogP contribution in [0.5, 0.6) is 0 Å². The molecule has 0 aromatic rings. The maximum atomic E-state index is 12.2. The first-order chi connectivity index (χ1) is 8.75. The lowest BCUT2D eigenvalue weighted by Crippen LogP contribution is -2.54. The van der Waals surface area contributed by atoms with Crippen molar-refractivity contribution < 1.29 is 14.7 Å². The summed E-state index contributed by atoms with van der Waals surface area (Å²) in [6, 6.07) is -0.354. The zero-order valence-corrected chi connectivity index (χ0v) is 12.5. The van der Waals surface area contributed by atoms with Gasteiger partial charge < -0.3 is 10.4 Å². The number of carboxylic acids is 1. The van der Waals surface area contributed by atoms with Gasteiger partial charge in [-0.1, -0.05) is 13.8 Å². The van der Waals surface area contributed by atoms with Crippen molar-refractivity contribution in [1.29, 1.82) is 0 Å². The molecule has 0 radical (unpaired) electrons. The Hall–Kier alpha value is -1.10. The van der Waals surface area contributed by atoms with Crippen molar-refractivity contribution in [2.45, 2.75) is 71.6 Å². The molecule has 5 nitrogen and oxygen atoms in total. The van der Waals surface area contributed by atoms with Gasteiger partial charge in [-0.05, 0) is 39.5 Å². The number of hydrogen-bond donors (Lipinski definition) is 2. The molecule has 4 atom stereocenters. The molecule has 110 valence electrons. The molecule has 0 saturated carbocycles. The molecule has 1 saturated heterocycles. The van der Waals surface area contributed by atoms with Crippen LogP contribution in [0.2, 0.25) is 0 Å². The summed E-state index contributed by atoms with van der Waals surface area (Å²) in [4.78, 5) is 25.5. The Kier molecular flexibility index (Phi) is 5.35. The second-order valence-corrected chi connectivity index (χ2v) is 5.97. The van der Waals surface area contributed by atoms with E-state index >= 15 is 0 Å². The molecule has 1 amide bonds. The van der Waals surface area contributed by atoms with Gasteiger partial charge in [-0.2, -0.15) is 0 Å². The van der Waals surface area contributed by atoms with Gasteiger partial charge in [-0.3, -0.25) is 9.69 Å². The van der Waals surface area contributed by atoms with Crippen molar-refractivity contribution in [1.82, 2.24) is 10.2 Å². The normalized spacial score (nSPS) is 27.3. The van der Waals surface area contributed by atoms with Gasteiger partial charge in [0.05, 0.1) is 6.04 Å². The molecule has 0 aliphatic carbocycles. The van der Waals surface area contributed by atoms with E-state index in [-0.39, 0.29) is 17.9 Å². The van der Waals surface area contributed by atoms with E-state index in [1.807, 2.05) is 6.92 Å². The molecule has 1 fully saturated rings. The van der Waals surface area contributed by atoms with Crippen LogP contribution in [-0.2, 0) is 9.59 Å². The minimum Gasteiger partial charge on any atom is -0.480 e. The standard InChI is InChI=1S/C14H26N2O3/c1-8(2)12(14(18)19)15-13(17)11(5)16-9(3)6-7-10(16)4/h8-12H,6-7H2,1-5H3,(H,15,17)(H,18,19)/t9?,10?,11?,12-/m1/s1. The molecule has 0 aromatic carbocycles. The van der Waals surface area contributed by atoms with E-state index < -0.39 is 12.0 Å². The quantitative estimate of drug-likeness (QED) is 0.794. The van der Waals surface area contributed by atoms with Crippen LogP contribution in [0.25, 0.3) is 0 Å². The van der Waals surface area contributed by atoms with Crippen molar-refractivity contribution in [3.63, 3.8) is 0 Å². The highest BCUT2D eigenvalue weighted by Gasteiger charge is 2.35. The van der Waals surface area contributed by atoms with Gasteiger partial charge in [0.25, 0.3) is 0 Å². The van der Waals surface area contributed by atoms with Crippen LogP contribution < -0.4 is 5.32 Å². The average Bonchev–Trinajstić information content (AvgIpc) is 2.63. The van der Waals surface area contributed by atoms with Gasteiger partial charge in [-0.25, -0.2) is 4.79 Å². The smallest absolute Gasteiger partial charge is 0.326 e. The van der Waals surface area contributed by atoms with Crippen LogP contribution in [0.4, 0.5) is 0 Å². The fourth-order valence-electron chi connectivity index (χ4n) is 2.90. The minimum absolute atomic E-state index is 0.123. The molecular weight excluding hydrogens is 244 g/mol. The lowest BCUT2D eigenvalue weighted by molar-refractivity contribution is -0.144. The number of aliphatic carboxylic acids is 1. The van der Waals surface area contributed by atoms with E-state index in [1.165, 1.54) is 0 Å². The van der Waals surface area contributed by atoms with E-state index in [0.29, 0.717) is 12.1 Å². The topological polar surface area (TPSA) is 69.6 Å². The largest absolute Gasteiger partial charge is 0.480 e. The number of carbonyl (C=O) groups excluding carboxylic acids is 1.